The lowest BCUT2D eigenvalue weighted by Crippen LogP contribution is -2.22. The molecule has 0 aliphatic heterocycles. The molecular weight excluding hydrogens is 337 g/mol. The van der Waals surface area contributed by atoms with Gasteiger partial charge in [0.15, 0.2) is 5.78 Å². The lowest BCUT2D eigenvalue weighted by molar-refractivity contribution is -0.115. The normalized spacial score (nSPS) is 11.8. The summed E-state index contributed by atoms with van der Waals surface area (Å²) < 4.78 is 13.1. The highest BCUT2D eigenvalue weighted by molar-refractivity contribution is 8.00. The lowest BCUT2D eigenvalue weighted by Gasteiger charge is -2.12. The van der Waals surface area contributed by atoms with Gasteiger partial charge in [-0.25, -0.2) is 4.39 Å². The molecule has 0 bridgehead atoms. The van der Waals surface area contributed by atoms with Crippen LogP contribution in [0, 0.1) is 5.82 Å². The van der Waals surface area contributed by atoms with Gasteiger partial charge in [-0.1, -0.05) is 11.6 Å². The minimum Gasteiger partial charge on any atom is -0.325 e. The monoisotopic (exact) mass is 351 g/mol. The van der Waals surface area contributed by atoms with Gasteiger partial charge in [-0.05, 0) is 56.3 Å². The highest BCUT2D eigenvalue weighted by Crippen LogP contribution is 2.28. The summed E-state index contributed by atoms with van der Waals surface area (Å²) in [6, 6.07) is 11.0. The van der Waals surface area contributed by atoms with Crippen molar-refractivity contribution in [3.05, 3.63) is 58.9 Å². The third-order valence-corrected chi connectivity index (χ3v) is 4.52. The molecule has 0 spiro atoms. The highest BCUT2D eigenvalue weighted by atomic mass is 35.5. The summed E-state index contributed by atoms with van der Waals surface area (Å²) in [5.41, 5.74) is 1.20. The Labute approximate surface area is 143 Å². The molecule has 3 nitrogen and oxygen atoms in total. The van der Waals surface area contributed by atoms with Crippen molar-refractivity contribution in [2.24, 2.45) is 0 Å². The third kappa shape index (κ3) is 4.81. The molecular formula is C17H15ClFNO2S. The molecule has 2 aromatic carbocycles. The number of carbonyl (C=O) groups excluding carboxylic acids is 2. The molecule has 2 rings (SSSR count). The van der Waals surface area contributed by atoms with Crippen LogP contribution in [0.2, 0.25) is 5.02 Å². The van der Waals surface area contributed by atoms with Crippen molar-refractivity contribution < 1.29 is 14.0 Å². The van der Waals surface area contributed by atoms with Crippen molar-refractivity contribution in [1.82, 2.24) is 0 Å². The Balaban J connectivity index is 1.99. The van der Waals surface area contributed by atoms with Gasteiger partial charge in [-0.3, -0.25) is 9.59 Å². The Hall–Kier alpha value is -1.85. The topological polar surface area (TPSA) is 46.2 Å². The molecule has 1 N–H and O–H groups in total. The van der Waals surface area contributed by atoms with Crippen molar-refractivity contribution in [2.75, 3.05) is 5.32 Å². The molecule has 6 heteroatoms. The van der Waals surface area contributed by atoms with E-state index in [4.69, 9.17) is 11.6 Å². The maximum absolute atomic E-state index is 13.1. The number of benzene rings is 2. The largest absolute Gasteiger partial charge is 0.325 e. The van der Waals surface area contributed by atoms with E-state index in [1.165, 1.54) is 30.8 Å². The Morgan fingerprint density at radius 2 is 1.83 bits per heavy atom. The van der Waals surface area contributed by atoms with E-state index in [0.717, 1.165) is 0 Å². The molecule has 1 atom stereocenters. The van der Waals surface area contributed by atoms with Crippen molar-refractivity contribution in [3.8, 4) is 0 Å². The van der Waals surface area contributed by atoms with Crippen LogP contribution < -0.4 is 5.32 Å². The number of ketones is 1. The predicted molar refractivity (Wildman–Crippen MR) is 91.8 cm³/mol. The first-order valence-electron chi connectivity index (χ1n) is 6.90. The first-order chi connectivity index (χ1) is 10.9. The van der Waals surface area contributed by atoms with E-state index in [2.05, 4.69) is 5.32 Å². The zero-order valence-electron chi connectivity index (χ0n) is 12.6. The molecule has 0 aliphatic carbocycles. The number of anilines is 1. The Morgan fingerprint density at radius 1 is 1.17 bits per heavy atom. The third-order valence-electron chi connectivity index (χ3n) is 3.13. The number of amides is 1. The zero-order valence-corrected chi connectivity index (χ0v) is 14.2. The summed E-state index contributed by atoms with van der Waals surface area (Å²) in [4.78, 5) is 24.1. The molecule has 120 valence electrons. The van der Waals surface area contributed by atoms with E-state index in [1.807, 2.05) is 0 Å². The second-order valence-corrected chi connectivity index (χ2v) is 6.78. The number of hydrogen-bond acceptors (Lipinski definition) is 3. The van der Waals surface area contributed by atoms with Gasteiger partial charge < -0.3 is 5.32 Å². The van der Waals surface area contributed by atoms with Crippen molar-refractivity contribution in [2.45, 2.75) is 24.0 Å². The number of thioether (sulfide) groups is 1. The van der Waals surface area contributed by atoms with E-state index < -0.39 is 5.82 Å². The van der Waals surface area contributed by atoms with Gasteiger partial charge >= 0.3 is 0 Å². The molecule has 0 radical (unpaired) electrons. The standard InChI is InChI=1S/C17H15ClFNO2S/c1-10(21)12-3-5-13(6-4-12)20-17(22)11(2)23-14-7-8-16(19)15(18)9-14/h3-9,11H,1-2H3,(H,20,22)/t11-/m1/s1. The fraction of sp³-hybridized carbons (Fsp3) is 0.176. The first kappa shape index (κ1) is 17.5. The molecule has 23 heavy (non-hydrogen) atoms. The quantitative estimate of drug-likeness (QED) is 0.621. The van der Waals surface area contributed by atoms with Crippen LogP contribution in [-0.2, 0) is 4.79 Å². The van der Waals surface area contributed by atoms with Gasteiger partial charge in [0, 0.05) is 16.1 Å². The van der Waals surface area contributed by atoms with E-state index in [9.17, 15) is 14.0 Å². The number of Topliss-reactive ketones (excluding diaryl/α,β-unsaturated/α-hetero) is 1. The first-order valence-corrected chi connectivity index (χ1v) is 8.16. The Bertz CT molecular complexity index is 734. The highest BCUT2D eigenvalue weighted by Gasteiger charge is 2.15. The van der Waals surface area contributed by atoms with Crippen LogP contribution in [0.1, 0.15) is 24.2 Å². The average Bonchev–Trinajstić information content (AvgIpc) is 2.51. The van der Waals surface area contributed by atoms with Crippen LogP contribution in [0.3, 0.4) is 0 Å². The van der Waals surface area contributed by atoms with Gasteiger partial charge in [0.1, 0.15) is 5.82 Å². The molecule has 0 aromatic heterocycles. The van der Waals surface area contributed by atoms with Crippen LogP contribution in [0.25, 0.3) is 0 Å². The van der Waals surface area contributed by atoms with Crippen molar-refractivity contribution in [1.29, 1.82) is 0 Å². The van der Waals surface area contributed by atoms with Gasteiger partial charge in [0.25, 0.3) is 0 Å². The fourth-order valence-corrected chi connectivity index (χ4v) is 2.99. The Kier molecular flexibility index (Phi) is 5.80. The molecule has 0 saturated heterocycles. The maximum atomic E-state index is 13.1. The van der Waals surface area contributed by atoms with E-state index >= 15 is 0 Å². The predicted octanol–water partition coefficient (Wildman–Crippen LogP) is 4.80. The second kappa shape index (κ2) is 7.62. The van der Waals surface area contributed by atoms with E-state index in [0.29, 0.717) is 16.1 Å². The van der Waals surface area contributed by atoms with E-state index in [1.54, 1.807) is 37.3 Å². The molecule has 0 unspecified atom stereocenters. The summed E-state index contributed by atoms with van der Waals surface area (Å²) in [5, 5.41) is 2.42. The van der Waals surface area contributed by atoms with Crippen LogP contribution in [0.4, 0.5) is 10.1 Å². The molecule has 0 heterocycles. The minimum absolute atomic E-state index is 0.0278. The number of rotatable bonds is 5. The summed E-state index contributed by atoms with van der Waals surface area (Å²) in [6.45, 7) is 3.24. The number of hydrogen-bond donors (Lipinski definition) is 1. The van der Waals surface area contributed by atoms with Gasteiger partial charge in [0.2, 0.25) is 5.91 Å². The fourth-order valence-electron chi connectivity index (χ4n) is 1.84. The molecule has 0 saturated carbocycles. The smallest absolute Gasteiger partial charge is 0.237 e. The molecule has 0 fully saturated rings. The van der Waals surface area contributed by atoms with Crippen LogP contribution in [-0.4, -0.2) is 16.9 Å². The van der Waals surface area contributed by atoms with Gasteiger partial charge in [-0.15, -0.1) is 11.8 Å². The van der Waals surface area contributed by atoms with E-state index in [-0.39, 0.29) is 22.0 Å². The second-order valence-electron chi connectivity index (χ2n) is 4.96. The van der Waals surface area contributed by atoms with Crippen molar-refractivity contribution in [3.63, 3.8) is 0 Å². The van der Waals surface area contributed by atoms with Crippen LogP contribution in [0.5, 0.6) is 0 Å². The minimum atomic E-state index is -0.487. The average molecular weight is 352 g/mol. The lowest BCUT2D eigenvalue weighted by atomic mass is 10.1. The zero-order chi connectivity index (χ0) is 17.0. The number of nitrogens with one attached hydrogen (secondary N) is 1. The summed E-state index contributed by atoms with van der Waals surface area (Å²) in [6.07, 6.45) is 0. The summed E-state index contributed by atoms with van der Waals surface area (Å²) in [7, 11) is 0. The Morgan fingerprint density at radius 3 is 2.39 bits per heavy atom. The van der Waals surface area contributed by atoms with Crippen molar-refractivity contribution >= 4 is 40.7 Å². The molecule has 1 amide bonds. The maximum Gasteiger partial charge on any atom is 0.237 e. The van der Waals surface area contributed by atoms with Gasteiger partial charge in [0.05, 0.1) is 10.3 Å². The van der Waals surface area contributed by atoms with Crippen LogP contribution >= 0.6 is 23.4 Å². The van der Waals surface area contributed by atoms with Gasteiger partial charge in [-0.2, -0.15) is 0 Å². The molecule has 2 aromatic rings. The number of halogens is 2. The number of carbonyl (C=O) groups is 2. The SMILES string of the molecule is CC(=O)c1ccc(NC(=O)[C@@H](C)Sc2ccc(F)c(Cl)c2)cc1. The summed E-state index contributed by atoms with van der Waals surface area (Å²) in [5.74, 6) is -0.704. The summed E-state index contributed by atoms with van der Waals surface area (Å²) >= 11 is 7.02. The molecule has 0 aliphatic rings. The van der Waals surface area contributed by atoms with Crippen LogP contribution in [0.15, 0.2) is 47.4 Å².